The van der Waals surface area contributed by atoms with E-state index in [2.05, 4.69) is 4.52 Å². The monoisotopic (exact) mass is 242 g/mol. The van der Waals surface area contributed by atoms with Crippen LogP contribution in [0.15, 0.2) is 0 Å². The lowest BCUT2D eigenvalue weighted by atomic mass is 9.99. The maximum Gasteiger partial charge on any atom is 0.470 e. The first-order valence-corrected chi connectivity index (χ1v) is 5.77. The Labute approximate surface area is 86.9 Å². The van der Waals surface area contributed by atoms with Crippen LogP contribution in [-0.2, 0) is 13.9 Å². The summed E-state index contributed by atoms with van der Waals surface area (Å²) < 4.78 is 14.1. The fourth-order valence-corrected chi connectivity index (χ4v) is 1.08. The molecule has 0 aliphatic carbocycles. The molecule has 90 valence electrons. The van der Waals surface area contributed by atoms with Crippen molar-refractivity contribution in [2.24, 2.45) is 5.92 Å². The molecule has 0 rings (SSSR count). The van der Waals surface area contributed by atoms with Gasteiger partial charge < -0.3 is 20.0 Å². The number of carbonyl (C=O) groups excluding carboxylic acids is 1. The Balaban J connectivity index is 4.17. The quantitative estimate of drug-likeness (QED) is 0.442. The van der Waals surface area contributed by atoms with E-state index in [1.165, 1.54) is 0 Å². The van der Waals surface area contributed by atoms with E-state index in [4.69, 9.17) is 9.79 Å². The Morgan fingerprint density at radius 2 is 1.80 bits per heavy atom. The van der Waals surface area contributed by atoms with E-state index in [0.717, 1.165) is 0 Å². The number of phosphoric acid groups is 1. The van der Waals surface area contributed by atoms with Gasteiger partial charge in [0.05, 0.1) is 6.10 Å². The number of hydrogen-bond acceptors (Lipinski definition) is 5. The van der Waals surface area contributed by atoms with Gasteiger partial charge in [-0.15, -0.1) is 0 Å². The van der Waals surface area contributed by atoms with Crippen LogP contribution in [-0.4, -0.2) is 44.6 Å². The van der Waals surface area contributed by atoms with Crippen molar-refractivity contribution >= 4 is 13.6 Å². The van der Waals surface area contributed by atoms with Gasteiger partial charge in [-0.3, -0.25) is 9.32 Å². The van der Waals surface area contributed by atoms with Crippen molar-refractivity contribution in [2.75, 3.05) is 6.61 Å². The van der Waals surface area contributed by atoms with E-state index in [-0.39, 0.29) is 5.92 Å². The zero-order chi connectivity index (χ0) is 12.2. The fraction of sp³-hybridized carbons (Fsp3) is 0.857. The average Bonchev–Trinajstić information content (AvgIpc) is 2.10. The Bertz CT molecular complexity index is 258. The van der Waals surface area contributed by atoms with Crippen molar-refractivity contribution in [3.05, 3.63) is 0 Å². The van der Waals surface area contributed by atoms with Gasteiger partial charge in [-0.05, 0) is 5.92 Å². The molecule has 8 heteroatoms. The van der Waals surface area contributed by atoms with Crippen molar-refractivity contribution in [3.8, 4) is 0 Å². The lowest BCUT2D eigenvalue weighted by Crippen LogP contribution is -2.39. The summed E-state index contributed by atoms with van der Waals surface area (Å²) in [6.07, 6.45) is -2.98. The zero-order valence-corrected chi connectivity index (χ0v) is 9.29. The Morgan fingerprint density at radius 3 is 2.13 bits per heavy atom. The predicted molar refractivity (Wildman–Crippen MR) is 49.9 cm³/mol. The van der Waals surface area contributed by atoms with Gasteiger partial charge in [0, 0.05) is 0 Å². The Hall–Kier alpha value is -0.300. The molecular formula is C7H15O7P. The van der Waals surface area contributed by atoms with Crippen LogP contribution in [0.5, 0.6) is 0 Å². The molecule has 0 saturated carbocycles. The molecule has 15 heavy (non-hydrogen) atoms. The molecule has 0 heterocycles. The van der Waals surface area contributed by atoms with Gasteiger partial charge in [-0.1, -0.05) is 13.8 Å². The number of carbonyl (C=O) groups is 1. The minimum Gasteiger partial charge on any atom is -0.390 e. The maximum absolute atomic E-state index is 11.1. The SMILES string of the molecule is CC(C)[C@H](O)[C@@H](O)C(=O)COP(=O)(O)O. The molecular weight excluding hydrogens is 227 g/mol. The summed E-state index contributed by atoms with van der Waals surface area (Å²) >= 11 is 0. The number of aliphatic hydroxyl groups is 2. The van der Waals surface area contributed by atoms with Crippen LogP contribution in [0.4, 0.5) is 0 Å². The summed E-state index contributed by atoms with van der Waals surface area (Å²) in [6.45, 7) is 2.24. The van der Waals surface area contributed by atoms with E-state index in [1.54, 1.807) is 13.8 Å². The third-order valence-electron chi connectivity index (χ3n) is 1.71. The zero-order valence-electron chi connectivity index (χ0n) is 8.40. The van der Waals surface area contributed by atoms with Crippen molar-refractivity contribution in [1.82, 2.24) is 0 Å². The molecule has 0 unspecified atom stereocenters. The highest BCUT2D eigenvalue weighted by molar-refractivity contribution is 7.46. The summed E-state index contributed by atoms with van der Waals surface area (Å²) in [4.78, 5) is 27.6. The van der Waals surface area contributed by atoms with E-state index in [1.807, 2.05) is 0 Å². The summed E-state index contributed by atoms with van der Waals surface area (Å²) in [5, 5.41) is 18.5. The van der Waals surface area contributed by atoms with Crippen LogP contribution >= 0.6 is 7.82 Å². The molecule has 0 aliphatic rings. The molecule has 0 spiro atoms. The van der Waals surface area contributed by atoms with Crippen LogP contribution in [0.2, 0.25) is 0 Å². The second-order valence-corrected chi connectivity index (χ2v) is 4.65. The predicted octanol–water partition coefficient (Wildman–Crippen LogP) is -0.957. The molecule has 0 aliphatic heterocycles. The molecule has 2 atom stereocenters. The van der Waals surface area contributed by atoms with Gasteiger partial charge in [-0.25, -0.2) is 4.57 Å². The third-order valence-corrected chi connectivity index (χ3v) is 2.18. The van der Waals surface area contributed by atoms with Crippen LogP contribution < -0.4 is 0 Å². The minimum absolute atomic E-state index is 0.348. The fourth-order valence-electron chi connectivity index (χ4n) is 0.788. The van der Waals surface area contributed by atoms with E-state index < -0.39 is 32.4 Å². The number of hydrogen-bond donors (Lipinski definition) is 4. The van der Waals surface area contributed by atoms with Crippen LogP contribution in [0, 0.1) is 5.92 Å². The van der Waals surface area contributed by atoms with Crippen LogP contribution in [0.25, 0.3) is 0 Å². The number of phosphoric ester groups is 1. The average molecular weight is 242 g/mol. The molecule has 0 aromatic carbocycles. The second kappa shape index (κ2) is 5.69. The largest absolute Gasteiger partial charge is 0.470 e. The van der Waals surface area contributed by atoms with Crippen molar-refractivity contribution in [2.45, 2.75) is 26.1 Å². The minimum atomic E-state index is -4.73. The molecule has 0 saturated heterocycles. The van der Waals surface area contributed by atoms with Crippen LogP contribution in [0.1, 0.15) is 13.8 Å². The molecule has 0 fully saturated rings. The number of rotatable bonds is 6. The highest BCUT2D eigenvalue weighted by Gasteiger charge is 2.28. The maximum atomic E-state index is 11.1. The Morgan fingerprint density at radius 1 is 1.33 bits per heavy atom. The van der Waals surface area contributed by atoms with Crippen molar-refractivity contribution in [3.63, 3.8) is 0 Å². The number of ketones is 1. The van der Waals surface area contributed by atoms with Gasteiger partial charge in [0.15, 0.2) is 5.78 Å². The van der Waals surface area contributed by atoms with Crippen LogP contribution in [0.3, 0.4) is 0 Å². The molecule has 0 radical (unpaired) electrons. The molecule has 0 aromatic heterocycles. The molecule has 7 nitrogen and oxygen atoms in total. The van der Waals surface area contributed by atoms with E-state index in [9.17, 15) is 19.6 Å². The molecule has 0 aromatic rings. The smallest absolute Gasteiger partial charge is 0.390 e. The summed E-state index contributed by atoms with van der Waals surface area (Å²) in [5.41, 5.74) is 0. The van der Waals surface area contributed by atoms with Crippen molar-refractivity contribution < 1.29 is 33.9 Å². The number of aliphatic hydroxyl groups excluding tert-OH is 2. The van der Waals surface area contributed by atoms with E-state index >= 15 is 0 Å². The molecule has 0 amide bonds. The standard InChI is InChI=1S/C7H15O7P/c1-4(2)6(9)7(10)5(8)3-14-15(11,12)13/h4,6-7,9-10H,3H2,1-2H3,(H2,11,12,13)/t6-,7-/m0/s1. The third kappa shape index (κ3) is 5.99. The lowest BCUT2D eigenvalue weighted by Gasteiger charge is -2.19. The number of Topliss-reactive ketones (excluding diaryl/α,β-unsaturated/α-hetero) is 1. The summed E-state index contributed by atoms with van der Waals surface area (Å²) in [7, 11) is -4.73. The van der Waals surface area contributed by atoms with Gasteiger partial charge in [-0.2, -0.15) is 0 Å². The first kappa shape index (κ1) is 14.7. The summed E-state index contributed by atoms with van der Waals surface area (Å²) in [5.74, 6) is -1.32. The molecule has 0 bridgehead atoms. The normalized spacial score (nSPS) is 16.5. The van der Waals surface area contributed by atoms with E-state index in [0.29, 0.717) is 0 Å². The second-order valence-electron chi connectivity index (χ2n) is 3.41. The first-order valence-electron chi connectivity index (χ1n) is 4.24. The lowest BCUT2D eigenvalue weighted by molar-refractivity contribution is -0.137. The van der Waals surface area contributed by atoms with Gasteiger partial charge >= 0.3 is 7.82 Å². The topological polar surface area (TPSA) is 124 Å². The van der Waals surface area contributed by atoms with Gasteiger partial charge in [0.25, 0.3) is 0 Å². The highest BCUT2D eigenvalue weighted by Crippen LogP contribution is 2.35. The first-order chi connectivity index (χ1) is 6.65. The van der Waals surface area contributed by atoms with Gasteiger partial charge in [0.2, 0.25) is 0 Å². The Kier molecular flexibility index (Phi) is 5.58. The highest BCUT2D eigenvalue weighted by atomic mass is 31.2. The molecule has 4 N–H and O–H groups in total. The summed E-state index contributed by atoms with van der Waals surface area (Å²) in [6, 6.07) is 0. The van der Waals surface area contributed by atoms with Gasteiger partial charge in [0.1, 0.15) is 12.7 Å². The van der Waals surface area contributed by atoms with Crippen molar-refractivity contribution in [1.29, 1.82) is 0 Å².